The number of alkyl halides is 2. The first kappa shape index (κ1) is 14.7. The Morgan fingerprint density at radius 2 is 1.90 bits per heavy atom. The van der Waals surface area contributed by atoms with Gasteiger partial charge in [-0.1, -0.05) is 43.3 Å². The van der Waals surface area contributed by atoms with Crippen LogP contribution >= 0.6 is 0 Å². The number of fused-ring (bicyclic) bond motifs is 1. The zero-order chi connectivity index (χ0) is 14.5. The third kappa shape index (κ3) is 3.25. The van der Waals surface area contributed by atoms with Gasteiger partial charge in [-0.2, -0.15) is 0 Å². The monoisotopic (exact) mass is 279 g/mol. The summed E-state index contributed by atoms with van der Waals surface area (Å²) in [5.74, 6) is 0.553. The van der Waals surface area contributed by atoms with Crippen molar-refractivity contribution < 1.29 is 13.5 Å². The van der Waals surface area contributed by atoms with E-state index in [1.807, 2.05) is 50.2 Å². The maximum Gasteiger partial charge on any atom is 0.272 e. The van der Waals surface area contributed by atoms with Gasteiger partial charge in [-0.25, -0.2) is 8.78 Å². The van der Waals surface area contributed by atoms with E-state index < -0.39 is 13.0 Å². The normalized spacial score (nSPS) is 12.8. The first-order valence-corrected chi connectivity index (χ1v) is 6.79. The van der Waals surface area contributed by atoms with Gasteiger partial charge in [0.05, 0.1) is 0 Å². The van der Waals surface area contributed by atoms with Crippen molar-refractivity contribution in [1.29, 1.82) is 0 Å². The molecule has 2 rings (SSSR count). The van der Waals surface area contributed by atoms with Crippen LogP contribution < -0.4 is 10.1 Å². The first-order chi connectivity index (χ1) is 9.63. The molecule has 2 aromatic carbocycles. The fourth-order valence-electron chi connectivity index (χ4n) is 2.32. The summed E-state index contributed by atoms with van der Waals surface area (Å²) in [7, 11) is 0. The molecular weight excluding hydrogens is 260 g/mol. The Bertz CT molecular complexity index is 571. The second-order valence-electron chi connectivity index (χ2n) is 4.69. The molecule has 1 N–H and O–H groups in total. The molecule has 0 aliphatic carbocycles. The van der Waals surface area contributed by atoms with Gasteiger partial charge in [0.2, 0.25) is 0 Å². The van der Waals surface area contributed by atoms with E-state index in [4.69, 9.17) is 4.74 Å². The molecule has 0 saturated heterocycles. The van der Waals surface area contributed by atoms with Gasteiger partial charge in [-0.05, 0) is 18.9 Å². The molecule has 0 aliphatic heterocycles. The molecule has 0 amide bonds. The minimum absolute atomic E-state index is 0.0530. The Morgan fingerprint density at radius 1 is 1.15 bits per heavy atom. The SMILES string of the molecule is CCNC(C)c1ccc2ccccc2c1OCC(F)F. The number of benzene rings is 2. The van der Waals surface area contributed by atoms with E-state index in [1.165, 1.54) is 0 Å². The van der Waals surface area contributed by atoms with Crippen molar-refractivity contribution in [2.45, 2.75) is 26.3 Å². The summed E-state index contributed by atoms with van der Waals surface area (Å²) >= 11 is 0. The molecule has 0 radical (unpaired) electrons. The molecule has 0 spiro atoms. The molecule has 108 valence electrons. The van der Waals surface area contributed by atoms with Crippen LogP contribution in [-0.4, -0.2) is 19.6 Å². The molecule has 4 heteroatoms. The van der Waals surface area contributed by atoms with Crippen molar-refractivity contribution >= 4 is 10.8 Å². The van der Waals surface area contributed by atoms with Crippen molar-refractivity contribution in [3.63, 3.8) is 0 Å². The summed E-state index contributed by atoms with van der Waals surface area (Å²) in [5, 5.41) is 5.15. The topological polar surface area (TPSA) is 21.3 Å². The zero-order valence-corrected chi connectivity index (χ0v) is 11.7. The summed E-state index contributed by atoms with van der Waals surface area (Å²) in [5.41, 5.74) is 0.909. The van der Waals surface area contributed by atoms with Crippen molar-refractivity contribution in [3.05, 3.63) is 42.0 Å². The summed E-state index contributed by atoms with van der Waals surface area (Å²) in [4.78, 5) is 0. The van der Waals surface area contributed by atoms with Gasteiger partial charge in [0, 0.05) is 17.0 Å². The Labute approximate surface area is 117 Å². The van der Waals surface area contributed by atoms with Gasteiger partial charge in [0.25, 0.3) is 6.43 Å². The number of nitrogens with one attached hydrogen (secondary N) is 1. The standard InChI is InChI=1S/C16H19F2NO/c1-3-19-11(2)13-9-8-12-6-4-5-7-14(12)16(13)20-10-15(17)18/h4-9,11,15,19H,3,10H2,1-2H3. The third-order valence-electron chi connectivity index (χ3n) is 3.24. The highest BCUT2D eigenvalue weighted by Gasteiger charge is 2.15. The number of halogens is 2. The lowest BCUT2D eigenvalue weighted by Crippen LogP contribution is -2.19. The maximum atomic E-state index is 12.5. The van der Waals surface area contributed by atoms with Gasteiger partial charge in [0.15, 0.2) is 0 Å². The van der Waals surface area contributed by atoms with Crippen LogP contribution in [0.1, 0.15) is 25.5 Å². The Balaban J connectivity index is 2.46. The Morgan fingerprint density at radius 3 is 2.60 bits per heavy atom. The summed E-state index contributed by atoms with van der Waals surface area (Å²) in [6, 6.07) is 11.7. The third-order valence-corrected chi connectivity index (χ3v) is 3.24. The van der Waals surface area contributed by atoms with Crippen LogP contribution in [0.15, 0.2) is 36.4 Å². The van der Waals surface area contributed by atoms with Gasteiger partial charge in [-0.3, -0.25) is 0 Å². The second-order valence-corrected chi connectivity index (χ2v) is 4.69. The fraction of sp³-hybridized carbons (Fsp3) is 0.375. The summed E-state index contributed by atoms with van der Waals surface area (Å²) in [6.07, 6.45) is -2.48. The number of rotatable bonds is 6. The Kier molecular flexibility index (Phi) is 4.90. The molecule has 0 aliphatic rings. The van der Waals surface area contributed by atoms with Crippen molar-refractivity contribution in [3.8, 4) is 5.75 Å². The average molecular weight is 279 g/mol. The minimum atomic E-state index is -2.48. The molecule has 0 heterocycles. The summed E-state index contributed by atoms with van der Waals surface area (Å²) in [6.45, 7) is 4.24. The van der Waals surface area contributed by atoms with Gasteiger partial charge in [0.1, 0.15) is 12.4 Å². The van der Waals surface area contributed by atoms with Gasteiger partial charge < -0.3 is 10.1 Å². The van der Waals surface area contributed by atoms with E-state index in [1.54, 1.807) is 0 Å². The number of hydrogen-bond donors (Lipinski definition) is 1. The van der Waals surface area contributed by atoms with E-state index >= 15 is 0 Å². The highest BCUT2D eigenvalue weighted by Crippen LogP contribution is 2.33. The minimum Gasteiger partial charge on any atom is -0.487 e. The Hall–Kier alpha value is -1.68. The lowest BCUT2D eigenvalue weighted by atomic mass is 10.0. The lowest BCUT2D eigenvalue weighted by Gasteiger charge is -2.19. The fourth-order valence-corrected chi connectivity index (χ4v) is 2.32. The molecule has 20 heavy (non-hydrogen) atoms. The smallest absolute Gasteiger partial charge is 0.272 e. The van der Waals surface area contributed by atoms with Crippen LogP contribution in [0.3, 0.4) is 0 Å². The van der Waals surface area contributed by atoms with Crippen LogP contribution in [0, 0.1) is 0 Å². The molecule has 2 nitrogen and oxygen atoms in total. The molecule has 0 saturated carbocycles. The number of hydrogen-bond acceptors (Lipinski definition) is 2. The van der Waals surface area contributed by atoms with Crippen LogP contribution in [0.2, 0.25) is 0 Å². The molecule has 1 unspecified atom stereocenters. The molecule has 0 fully saturated rings. The van der Waals surface area contributed by atoms with E-state index in [0.29, 0.717) is 5.75 Å². The molecule has 0 aromatic heterocycles. The van der Waals surface area contributed by atoms with Crippen molar-refractivity contribution in [1.82, 2.24) is 5.32 Å². The van der Waals surface area contributed by atoms with Crippen molar-refractivity contribution in [2.24, 2.45) is 0 Å². The quantitative estimate of drug-likeness (QED) is 0.857. The van der Waals surface area contributed by atoms with E-state index in [0.717, 1.165) is 22.9 Å². The molecule has 1 atom stereocenters. The average Bonchev–Trinajstić information content (AvgIpc) is 2.44. The maximum absolute atomic E-state index is 12.5. The van der Waals surface area contributed by atoms with E-state index in [2.05, 4.69) is 5.32 Å². The molecule has 0 bridgehead atoms. The lowest BCUT2D eigenvalue weighted by molar-refractivity contribution is 0.0819. The van der Waals surface area contributed by atoms with E-state index in [9.17, 15) is 8.78 Å². The first-order valence-electron chi connectivity index (χ1n) is 6.79. The zero-order valence-electron chi connectivity index (χ0n) is 11.7. The van der Waals surface area contributed by atoms with Crippen LogP contribution in [-0.2, 0) is 0 Å². The molecular formula is C16H19F2NO. The second kappa shape index (κ2) is 6.66. The molecule has 2 aromatic rings. The predicted molar refractivity (Wildman–Crippen MR) is 77.5 cm³/mol. The van der Waals surface area contributed by atoms with E-state index in [-0.39, 0.29) is 6.04 Å². The highest BCUT2D eigenvalue weighted by atomic mass is 19.3. The van der Waals surface area contributed by atoms with Crippen LogP contribution in [0.25, 0.3) is 10.8 Å². The van der Waals surface area contributed by atoms with Gasteiger partial charge >= 0.3 is 0 Å². The number of ether oxygens (including phenoxy) is 1. The van der Waals surface area contributed by atoms with Crippen LogP contribution in [0.5, 0.6) is 5.75 Å². The predicted octanol–water partition coefficient (Wildman–Crippen LogP) is 4.15. The summed E-state index contributed by atoms with van der Waals surface area (Å²) < 4.78 is 30.3. The largest absolute Gasteiger partial charge is 0.487 e. The van der Waals surface area contributed by atoms with Crippen molar-refractivity contribution in [2.75, 3.05) is 13.2 Å². The van der Waals surface area contributed by atoms with Gasteiger partial charge in [-0.15, -0.1) is 0 Å². The van der Waals surface area contributed by atoms with Crippen LogP contribution in [0.4, 0.5) is 8.78 Å². The highest BCUT2D eigenvalue weighted by molar-refractivity contribution is 5.89.